The molecule has 1 aromatic heterocycles. The summed E-state index contributed by atoms with van der Waals surface area (Å²) in [6.45, 7) is 2.09. The van der Waals surface area contributed by atoms with Crippen LogP contribution in [-0.2, 0) is 0 Å². The maximum atomic E-state index is 13.0. The largest absolute Gasteiger partial charge is 0.387 e. The number of aliphatic hydroxyl groups is 1. The van der Waals surface area contributed by atoms with Gasteiger partial charge in [0.15, 0.2) is 0 Å². The number of benzene rings is 1. The molecule has 1 heterocycles. The van der Waals surface area contributed by atoms with E-state index in [0.717, 1.165) is 5.69 Å². The van der Waals surface area contributed by atoms with Crippen molar-refractivity contribution in [1.29, 1.82) is 0 Å². The van der Waals surface area contributed by atoms with Crippen molar-refractivity contribution in [3.8, 4) is 0 Å². The molecule has 94 valence electrons. The number of nitrogens with zero attached hydrogens (tertiary/aromatic N) is 2. The highest BCUT2D eigenvalue weighted by Crippen LogP contribution is 2.14. The van der Waals surface area contributed by atoms with Crippen LogP contribution in [0.25, 0.3) is 0 Å². The highest BCUT2D eigenvalue weighted by atomic mass is 19.1. The third-order valence-electron chi connectivity index (χ3n) is 2.46. The molecule has 0 aliphatic rings. The van der Waals surface area contributed by atoms with Crippen LogP contribution in [0.1, 0.15) is 17.4 Å². The number of aromatic nitrogens is 2. The molecule has 18 heavy (non-hydrogen) atoms. The molecule has 2 N–H and O–H groups in total. The average Bonchev–Trinajstić information content (AvgIpc) is 2.36. The van der Waals surface area contributed by atoms with Crippen molar-refractivity contribution in [2.45, 2.75) is 13.0 Å². The summed E-state index contributed by atoms with van der Waals surface area (Å²) in [5.41, 5.74) is 1.32. The van der Waals surface area contributed by atoms with E-state index in [4.69, 9.17) is 0 Å². The van der Waals surface area contributed by atoms with Crippen molar-refractivity contribution < 1.29 is 9.50 Å². The van der Waals surface area contributed by atoms with Gasteiger partial charge in [-0.25, -0.2) is 9.37 Å². The average molecular weight is 247 g/mol. The summed E-state index contributed by atoms with van der Waals surface area (Å²) in [4.78, 5) is 8.18. The van der Waals surface area contributed by atoms with Crippen molar-refractivity contribution in [3.63, 3.8) is 0 Å². The summed E-state index contributed by atoms with van der Waals surface area (Å²) in [7, 11) is 0. The van der Waals surface area contributed by atoms with E-state index in [-0.39, 0.29) is 12.4 Å². The van der Waals surface area contributed by atoms with Crippen molar-refractivity contribution in [2.75, 3.05) is 11.9 Å². The van der Waals surface area contributed by atoms with Crippen LogP contribution in [0, 0.1) is 12.7 Å². The topological polar surface area (TPSA) is 58.0 Å². The number of aliphatic hydroxyl groups excluding tert-OH is 1. The van der Waals surface area contributed by atoms with Crippen molar-refractivity contribution >= 4 is 5.82 Å². The normalized spacial score (nSPS) is 12.2. The number of nitrogens with one attached hydrogen (secondary N) is 1. The van der Waals surface area contributed by atoms with Crippen molar-refractivity contribution in [3.05, 3.63) is 53.7 Å². The maximum Gasteiger partial charge on any atom is 0.144 e. The number of hydrogen-bond donors (Lipinski definition) is 2. The molecule has 0 amide bonds. The Labute approximate surface area is 105 Å². The zero-order valence-electron chi connectivity index (χ0n) is 9.97. The molecule has 2 rings (SSSR count). The highest BCUT2D eigenvalue weighted by molar-refractivity contribution is 5.32. The molecule has 0 fully saturated rings. The Bertz CT molecular complexity index is 533. The lowest BCUT2D eigenvalue weighted by molar-refractivity contribution is 0.191. The smallest absolute Gasteiger partial charge is 0.144 e. The molecule has 0 radical (unpaired) electrons. The summed E-state index contributed by atoms with van der Waals surface area (Å²) in [5, 5.41) is 12.9. The molecule has 0 saturated heterocycles. The SMILES string of the molecule is Cc1cncc(NCC(O)c2cccc(F)c2)n1. The van der Waals surface area contributed by atoms with Crippen LogP contribution >= 0.6 is 0 Å². The molecule has 5 heteroatoms. The van der Waals surface area contributed by atoms with E-state index in [0.29, 0.717) is 11.4 Å². The lowest BCUT2D eigenvalue weighted by Gasteiger charge is -2.12. The van der Waals surface area contributed by atoms with Gasteiger partial charge in [0.1, 0.15) is 11.6 Å². The monoisotopic (exact) mass is 247 g/mol. The maximum absolute atomic E-state index is 13.0. The third-order valence-corrected chi connectivity index (χ3v) is 2.46. The van der Waals surface area contributed by atoms with E-state index < -0.39 is 6.10 Å². The van der Waals surface area contributed by atoms with Gasteiger partial charge in [-0.3, -0.25) is 4.98 Å². The van der Waals surface area contributed by atoms with Gasteiger partial charge in [-0.05, 0) is 24.6 Å². The van der Waals surface area contributed by atoms with Crippen molar-refractivity contribution in [1.82, 2.24) is 9.97 Å². The minimum atomic E-state index is -0.789. The molecular formula is C13H14FN3O. The van der Waals surface area contributed by atoms with E-state index in [1.807, 2.05) is 6.92 Å². The lowest BCUT2D eigenvalue weighted by atomic mass is 10.1. The molecule has 1 atom stereocenters. The molecule has 0 saturated carbocycles. The second-order valence-corrected chi connectivity index (χ2v) is 4.00. The van der Waals surface area contributed by atoms with Crippen LogP contribution in [0.3, 0.4) is 0 Å². The first kappa shape index (κ1) is 12.4. The Kier molecular flexibility index (Phi) is 3.84. The standard InChI is InChI=1S/C13H14FN3O/c1-9-6-15-8-13(17-9)16-7-12(18)10-3-2-4-11(14)5-10/h2-6,8,12,18H,7H2,1H3,(H,16,17). The molecule has 0 spiro atoms. The molecular weight excluding hydrogens is 233 g/mol. The van der Waals surface area contributed by atoms with Crippen LogP contribution in [0.5, 0.6) is 0 Å². The van der Waals surface area contributed by atoms with E-state index in [1.54, 1.807) is 24.5 Å². The zero-order chi connectivity index (χ0) is 13.0. The lowest BCUT2D eigenvalue weighted by Crippen LogP contribution is -2.13. The molecule has 4 nitrogen and oxygen atoms in total. The Balaban J connectivity index is 1.98. The fourth-order valence-electron chi connectivity index (χ4n) is 1.58. The summed E-state index contributed by atoms with van der Waals surface area (Å²) >= 11 is 0. The van der Waals surface area contributed by atoms with Gasteiger partial charge in [0.05, 0.1) is 18.0 Å². The molecule has 1 aromatic carbocycles. The first-order chi connectivity index (χ1) is 8.65. The predicted octanol–water partition coefficient (Wildman–Crippen LogP) is 2.07. The van der Waals surface area contributed by atoms with E-state index in [2.05, 4.69) is 15.3 Å². The molecule has 2 aromatic rings. The van der Waals surface area contributed by atoms with Crippen molar-refractivity contribution in [2.24, 2.45) is 0 Å². The van der Waals surface area contributed by atoms with E-state index in [9.17, 15) is 9.50 Å². The van der Waals surface area contributed by atoms with E-state index in [1.165, 1.54) is 12.1 Å². The second kappa shape index (κ2) is 5.55. The van der Waals surface area contributed by atoms with E-state index >= 15 is 0 Å². The number of halogens is 1. The minimum absolute atomic E-state index is 0.252. The van der Waals surface area contributed by atoms with Gasteiger partial charge in [-0.2, -0.15) is 0 Å². The van der Waals surface area contributed by atoms with Gasteiger partial charge < -0.3 is 10.4 Å². The Morgan fingerprint density at radius 2 is 2.22 bits per heavy atom. The third kappa shape index (κ3) is 3.24. The fourth-order valence-corrected chi connectivity index (χ4v) is 1.58. The summed E-state index contributed by atoms with van der Waals surface area (Å²) in [5.74, 6) is 0.229. The fraction of sp³-hybridized carbons (Fsp3) is 0.231. The summed E-state index contributed by atoms with van der Waals surface area (Å²) in [6.07, 6.45) is 2.43. The number of aryl methyl sites for hydroxylation is 1. The first-order valence-electron chi connectivity index (χ1n) is 5.61. The number of anilines is 1. The highest BCUT2D eigenvalue weighted by Gasteiger charge is 2.08. The van der Waals surface area contributed by atoms with Gasteiger partial charge in [-0.1, -0.05) is 12.1 Å². The number of rotatable bonds is 4. The van der Waals surface area contributed by atoms with Gasteiger partial charge in [-0.15, -0.1) is 0 Å². The summed E-state index contributed by atoms with van der Waals surface area (Å²) < 4.78 is 13.0. The Morgan fingerprint density at radius 1 is 1.39 bits per heavy atom. The Hall–Kier alpha value is -2.01. The molecule has 0 aliphatic heterocycles. The summed E-state index contributed by atoms with van der Waals surface area (Å²) in [6, 6.07) is 5.90. The molecule has 0 aliphatic carbocycles. The van der Waals surface area contributed by atoms with Crippen LogP contribution in [0.2, 0.25) is 0 Å². The van der Waals surface area contributed by atoms with Gasteiger partial charge in [0.2, 0.25) is 0 Å². The van der Waals surface area contributed by atoms with Crippen LogP contribution in [-0.4, -0.2) is 21.6 Å². The quantitative estimate of drug-likeness (QED) is 0.868. The van der Waals surface area contributed by atoms with Crippen LogP contribution in [0.4, 0.5) is 10.2 Å². The minimum Gasteiger partial charge on any atom is -0.387 e. The second-order valence-electron chi connectivity index (χ2n) is 4.00. The zero-order valence-corrected chi connectivity index (χ0v) is 9.97. The van der Waals surface area contributed by atoms with Gasteiger partial charge in [0.25, 0.3) is 0 Å². The van der Waals surface area contributed by atoms with Gasteiger partial charge in [0, 0.05) is 12.7 Å². The first-order valence-corrected chi connectivity index (χ1v) is 5.61. The van der Waals surface area contributed by atoms with Crippen LogP contribution < -0.4 is 5.32 Å². The molecule has 0 bridgehead atoms. The van der Waals surface area contributed by atoms with Gasteiger partial charge >= 0.3 is 0 Å². The molecule has 1 unspecified atom stereocenters. The van der Waals surface area contributed by atoms with Crippen LogP contribution in [0.15, 0.2) is 36.7 Å². The Morgan fingerprint density at radius 3 is 2.94 bits per heavy atom. The number of hydrogen-bond acceptors (Lipinski definition) is 4. The predicted molar refractivity (Wildman–Crippen MR) is 66.6 cm³/mol.